The fourth-order valence-corrected chi connectivity index (χ4v) is 7.94. The Morgan fingerprint density at radius 2 is 0.897 bits per heavy atom. The van der Waals surface area contributed by atoms with Crippen LogP contribution in [0, 0.1) is 0 Å². The molecule has 0 radical (unpaired) electrons. The van der Waals surface area contributed by atoms with Crippen molar-refractivity contribution < 1.29 is 37.3 Å². The van der Waals surface area contributed by atoms with Gasteiger partial charge in [0.15, 0.2) is 0 Å². The summed E-state index contributed by atoms with van der Waals surface area (Å²) in [7, 11) is 1.68. The number of phosphoric ester groups is 1. The molecular formula is C49H99NO7P+. The highest BCUT2D eigenvalue weighted by atomic mass is 31.2. The predicted octanol–water partition coefficient (Wildman–Crippen LogP) is 15.0. The predicted molar refractivity (Wildman–Crippen MR) is 247 cm³/mol. The van der Waals surface area contributed by atoms with Crippen LogP contribution in [-0.4, -0.2) is 75.6 Å². The highest BCUT2D eigenvalue weighted by Gasteiger charge is 2.26. The van der Waals surface area contributed by atoms with E-state index in [2.05, 4.69) is 26.0 Å². The minimum Gasteiger partial charge on any atom is -0.457 e. The second kappa shape index (κ2) is 42.9. The number of carbonyl (C=O) groups excluding carboxylic acids is 1. The molecule has 0 heterocycles. The normalized spacial score (nSPS) is 13.7. The van der Waals surface area contributed by atoms with Gasteiger partial charge in [0.05, 0.1) is 34.4 Å². The molecule has 0 aliphatic carbocycles. The lowest BCUT2D eigenvalue weighted by Crippen LogP contribution is -2.37. The first-order valence-electron chi connectivity index (χ1n) is 24.9. The van der Waals surface area contributed by atoms with Gasteiger partial charge in [-0.3, -0.25) is 13.8 Å². The molecule has 0 spiro atoms. The Morgan fingerprint density at radius 3 is 1.31 bits per heavy atom. The van der Waals surface area contributed by atoms with Crippen LogP contribution in [0.5, 0.6) is 0 Å². The highest BCUT2D eigenvalue weighted by molar-refractivity contribution is 7.47. The Labute approximate surface area is 360 Å². The van der Waals surface area contributed by atoms with Gasteiger partial charge in [-0.25, -0.2) is 4.57 Å². The maximum absolute atomic E-state index is 12.7. The zero-order chi connectivity index (χ0) is 42.7. The smallest absolute Gasteiger partial charge is 0.457 e. The van der Waals surface area contributed by atoms with Gasteiger partial charge < -0.3 is 18.9 Å². The Morgan fingerprint density at radius 1 is 0.517 bits per heavy atom. The summed E-state index contributed by atoms with van der Waals surface area (Å²) < 4.78 is 35.1. The summed E-state index contributed by atoms with van der Waals surface area (Å²) in [6.07, 6.45) is 48.2. The van der Waals surface area contributed by atoms with Crippen molar-refractivity contribution in [3.63, 3.8) is 0 Å². The Hall–Kier alpha value is -0.760. The molecule has 2 unspecified atom stereocenters. The number of quaternary nitrogens is 1. The molecular weight excluding hydrogens is 746 g/mol. The van der Waals surface area contributed by atoms with Crippen LogP contribution in [0.3, 0.4) is 0 Å². The largest absolute Gasteiger partial charge is 0.472 e. The second-order valence-electron chi connectivity index (χ2n) is 18.2. The van der Waals surface area contributed by atoms with Crippen LogP contribution in [0.15, 0.2) is 12.2 Å². The zero-order valence-electron chi connectivity index (χ0n) is 39.3. The molecule has 0 aliphatic heterocycles. The van der Waals surface area contributed by atoms with Crippen molar-refractivity contribution in [1.29, 1.82) is 0 Å². The topological polar surface area (TPSA) is 91.3 Å². The van der Waals surface area contributed by atoms with Gasteiger partial charge in [-0.1, -0.05) is 206 Å². The number of hydrogen-bond acceptors (Lipinski definition) is 6. The van der Waals surface area contributed by atoms with Crippen LogP contribution in [0.2, 0.25) is 0 Å². The maximum Gasteiger partial charge on any atom is 0.472 e. The first-order chi connectivity index (χ1) is 28.1. The van der Waals surface area contributed by atoms with E-state index in [4.69, 9.17) is 18.5 Å². The molecule has 0 aromatic rings. The molecule has 58 heavy (non-hydrogen) atoms. The van der Waals surface area contributed by atoms with Crippen LogP contribution >= 0.6 is 7.82 Å². The van der Waals surface area contributed by atoms with E-state index in [1.165, 1.54) is 186 Å². The van der Waals surface area contributed by atoms with Gasteiger partial charge in [-0.15, -0.1) is 0 Å². The minimum atomic E-state index is -4.27. The molecule has 0 rings (SSSR count). The van der Waals surface area contributed by atoms with Crippen molar-refractivity contribution in [2.75, 3.05) is 54.1 Å². The average Bonchev–Trinajstić information content (AvgIpc) is 3.18. The number of carbonyl (C=O) groups is 1. The Bertz CT molecular complexity index is 940. The van der Waals surface area contributed by atoms with E-state index in [1.54, 1.807) is 0 Å². The number of ether oxygens (including phenoxy) is 2. The van der Waals surface area contributed by atoms with Crippen LogP contribution in [0.4, 0.5) is 0 Å². The van der Waals surface area contributed by atoms with Crippen molar-refractivity contribution in [2.45, 2.75) is 245 Å². The highest BCUT2D eigenvalue weighted by Crippen LogP contribution is 2.43. The number of hydrogen-bond donors (Lipinski definition) is 1. The number of esters is 1. The third-order valence-electron chi connectivity index (χ3n) is 11.1. The third kappa shape index (κ3) is 46.3. The van der Waals surface area contributed by atoms with E-state index in [0.29, 0.717) is 24.1 Å². The van der Waals surface area contributed by atoms with Gasteiger partial charge in [0.1, 0.15) is 19.3 Å². The quantitative estimate of drug-likeness (QED) is 0.0214. The minimum absolute atomic E-state index is 0.0919. The van der Waals surface area contributed by atoms with Gasteiger partial charge in [-0.2, -0.15) is 0 Å². The van der Waals surface area contributed by atoms with E-state index < -0.39 is 13.9 Å². The lowest BCUT2D eigenvalue weighted by Gasteiger charge is -2.24. The summed E-state index contributed by atoms with van der Waals surface area (Å²) in [5.74, 6) is -0.309. The lowest BCUT2D eigenvalue weighted by atomic mass is 10.0. The van der Waals surface area contributed by atoms with Crippen LogP contribution in [0.25, 0.3) is 0 Å². The standard InChI is InChI=1S/C49H98NO7P/c1-6-8-10-12-14-16-18-20-22-23-24-25-26-27-28-29-31-33-35-37-39-41-44-54-46-48(47-56-58(52,53)55-45-43-50(3,4)5)57-49(51)42-40-38-36-34-32-30-21-19-17-15-13-11-9-7-2/h23-24,48H,6-22,25-47H2,1-5H3/p+1/b24-23-. The molecule has 9 heteroatoms. The van der Waals surface area contributed by atoms with Crippen LogP contribution < -0.4 is 0 Å². The van der Waals surface area contributed by atoms with Crippen molar-refractivity contribution >= 4 is 13.8 Å². The van der Waals surface area contributed by atoms with E-state index in [-0.39, 0.29) is 25.8 Å². The summed E-state index contributed by atoms with van der Waals surface area (Å²) in [5.41, 5.74) is 0. The zero-order valence-corrected chi connectivity index (χ0v) is 40.2. The van der Waals surface area contributed by atoms with E-state index in [0.717, 1.165) is 32.1 Å². The molecule has 0 saturated carbocycles. The molecule has 0 fully saturated rings. The van der Waals surface area contributed by atoms with E-state index >= 15 is 0 Å². The van der Waals surface area contributed by atoms with Crippen molar-refractivity contribution in [3.05, 3.63) is 12.2 Å². The molecule has 0 aliphatic rings. The molecule has 0 bridgehead atoms. The average molecular weight is 845 g/mol. The van der Waals surface area contributed by atoms with Crippen molar-refractivity contribution in [3.8, 4) is 0 Å². The summed E-state index contributed by atoms with van der Waals surface area (Å²) >= 11 is 0. The Balaban J connectivity index is 4.09. The van der Waals surface area contributed by atoms with Crippen LogP contribution in [0.1, 0.15) is 239 Å². The molecule has 0 amide bonds. The second-order valence-corrected chi connectivity index (χ2v) is 19.7. The van der Waals surface area contributed by atoms with Gasteiger partial charge in [-0.05, 0) is 38.5 Å². The molecule has 2 atom stereocenters. The molecule has 0 aromatic heterocycles. The van der Waals surface area contributed by atoms with Gasteiger partial charge >= 0.3 is 13.8 Å². The monoisotopic (exact) mass is 845 g/mol. The molecule has 0 saturated heterocycles. The molecule has 0 aromatic carbocycles. The first kappa shape index (κ1) is 57.2. The fourth-order valence-electron chi connectivity index (χ4n) is 7.20. The van der Waals surface area contributed by atoms with E-state index in [9.17, 15) is 14.3 Å². The number of likely N-dealkylation sites (N-methyl/N-ethyl adjacent to an activating group) is 1. The Kier molecular flexibility index (Phi) is 42.3. The number of rotatable bonds is 47. The van der Waals surface area contributed by atoms with Crippen molar-refractivity contribution in [1.82, 2.24) is 0 Å². The SMILES string of the molecule is CCCCCCCCCC/C=C\CCCCCCCCCCCCOCC(COP(=O)(O)OCC[N+](C)(C)C)OC(=O)CCCCCCCCCCCCCCCC. The molecule has 346 valence electrons. The van der Waals surface area contributed by atoms with Gasteiger partial charge in [0.25, 0.3) is 0 Å². The fraction of sp³-hybridized carbons (Fsp3) is 0.939. The van der Waals surface area contributed by atoms with Crippen molar-refractivity contribution in [2.24, 2.45) is 0 Å². The number of phosphoric acid groups is 1. The number of allylic oxidation sites excluding steroid dienone is 2. The first-order valence-corrected chi connectivity index (χ1v) is 26.4. The lowest BCUT2D eigenvalue weighted by molar-refractivity contribution is -0.870. The maximum atomic E-state index is 12.7. The summed E-state index contributed by atoms with van der Waals surface area (Å²) in [6.45, 7) is 5.67. The van der Waals surface area contributed by atoms with E-state index in [1.807, 2.05) is 21.1 Å². The van der Waals surface area contributed by atoms with Gasteiger partial charge in [0, 0.05) is 13.0 Å². The summed E-state index contributed by atoms with van der Waals surface area (Å²) in [4.78, 5) is 22.9. The summed E-state index contributed by atoms with van der Waals surface area (Å²) in [5, 5.41) is 0. The van der Waals surface area contributed by atoms with Gasteiger partial charge in [0.2, 0.25) is 0 Å². The summed E-state index contributed by atoms with van der Waals surface area (Å²) in [6, 6.07) is 0. The van der Waals surface area contributed by atoms with Crippen LogP contribution in [-0.2, 0) is 27.9 Å². The molecule has 8 nitrogen and oxygen atoms in total. The molecule has 1 N–H and O–H groups in total. The number of unbranched alkanes of at least 4 members (excludes halogenated alkanes) is 31. The number of nitrogens with zero attached hydrogens (tertiary/aromatic N) is 1. The third-order valence-corrected chi connectivity index (χ3v) is 12.1.